The summed E-state index contributed by atoms with van der Waals surface area (Å²) in [5, 5.41) is 0. The molecule has 0 amide bonds. The SMILES string of the molecule is CCCC1CCCN(c2cc(N)ncn2)CC1. The van der Waals surface area contributed by atoms with Gasteiger partial charge < -0.3 is 10.6 Å². The van der Waals surface area contributed by atoms with Gasteiger partial charge in [-0.05, 0) is 25.2 Å². The minimum Gasteiger partial charge on any atom is -0.384 e. The van der Waals surface area contributed by atoms with Gasteiger partial charge in [-0.15, -0.1) is 0 Å². The monoisotopic (exact) mass is 234 g/mol. The lowest BCUT2D eigenvalue weighted by Gasteiger charge is -2.21. The van der Waals surface area contributed by atoms with Crippen LogP contribution in [0.4, 0.5) is 11.6 Å². The summed E-state index contributed by atoms with van der Waals surface area (Å²) in [6.45, 7) is 4.46. The molecule has 1 atom stereocenters. The fourth-order valence-corrected chi connectivity index (χ4v) is 2.63. The highest BCUT2D eigenvalue weighted by molar-refractivity contribution is 5.45. The molecule has 0 radical (unpaired) electrons. The molecule has 2 rings (SSSR count). The zero-order chi connectivity index (χ0) is 12.1. The number of nitrogens with zero attached hydrogens (tertiary/aromatic N) is 3. The van der Waals surface area contributed by atoms with E-state index in [-0.39, 0.29) is 0 Å². The second kappa shape index (κ2) is 5.84. The quantitative estimate of drug-likeness (QED) is 0.873. The molecule has 1 saturated heterocycles. The maximum Gasteiger partial charge on any atom is 0.134 e. The predicted molar refractivity (Wildman–Crippen MR) is 70.9 cm³/mol. The van der Waals surface area contributed by atoms with Crippen molar-refractivity contribution in [3.05, 3.63) is 12.4 Å². The molecule has 2 N–H and O–H groups in total. The second-order valence-electron chi connectivity index (χ2n) is 4.87. The first-order valence-corrected chi connectivity index (χ1v) is 6.62. The second-order valence-corrected chi connectivity index (χ2v) is 4.87. The molecule has 4 heteroatoms. The van der Waals surface area contributed by atoms with Crippen LogP contribution in [0.15, 0.2) is 12.4 Å². The number of anilines is 2. The van der Waals surface area contributed by atoms with Gasteiger partial charge in [0.1, 0.15) is 18.0 Å². The van der Waals surface area contributed by atoms with Crippen LogP contribution >= 0.6 is 0 Å². The Balaban J connectivity index is 1.99. The molecule has 1 unspecified atom stereocenters. The molecule has 1 aliphatic heterocycles. The Morgan fingerprint density at radius 1 is 1.35 bits per heavy atom. The Morgan fingerprint density at radius 3 is 3.00 bits per heavy atom. The van der Waals surface area contributed by atoms with Crippen molar-refractivity contribution >= 4 is 11.6 Å². The van der Waals surface area contributed by atoms with Crippen LogP contribution in [0.3, 0.4) is 0 Å². The molecule has 1 aliphatic rings. The number of aromatic nitrogens is 2. The number of nitrogens with two attached hydrogens (primary N) is 1. The van der Waals surface area contributed by atoms with Crippen LogP contribution in [0, 0.1) is 5.92 Å². The molecule has 4 nitrogen and oxygen atoms in total. The number of nitrogen functional groups attached to an aromatic ring is 1. The Bertz CT molecular complexity index is 353. The third-order valence-corrected chi connectivity index (χ3v) is 3.54. The van der Waals surface area contributed by atoms with Gasteiger partial charge in [0.2, 0.25) is 0 Å². The summed E-state index contributed by atoms with van der Waals surface area (Å²) in [5.41, 5.74) is 5.70. The first kappa shape index (κ1) is 12.1. The lowest BCUT2D eigenvalue weighted by atomic mass is 9.96. The minimum absolute atomic E-state index is 0.560. The van der Waals surface area contributed by atoms with Gasteiger partial charge in [0.25, 0.3) is 0 Å². The van der Waals surface area contributed by atoms with Crippen LogP contribution in [0.1, 0.15) is 39.0 Å². The van der Waals surface area contributed by atoms with E-state index in [0.717, 1.165) is 24.8 Å². The molecule has 0 saturated carbocycles. The third-order valence-electron chi connectivity index (χ3n) is 3.54. The molecular weight excluding hydrogens is 212 g/mol. The molecule has 0 aliphatic carbocycles. The lowest BCUT2D eigenvalue weighted by molar-refractivity contribution is 0.435. The summed E-state index contributed by atoms with van der Waals surface area (Å²) in [6, 6.07) is 1.88. The Hall–Kier alpha value is -1.32. The van der Waals surface area contributed by atoms with Crippen molar-refractivity contribution in [3.63, 3.8) is 0 Å². The van der Waals surface area contributed by atoms with Gasteiger partial charge in [0.05, 0.1) is 0 Å². The van der Waals surface area contributed by atoms with Gasteiger partial charge in [-0.2, -0.15) is 0 Å². The fraction of sp³-hybridized carbons (Fsp3) is 0.692. The van der Waals surface area contributed by atoms with E-state index in [4.69, 9.17) is 5.73 Å². The summed E-state index contributed by atoms with van der Waals surface area (Å²) in [6.07, 6.45) is 8.10. The van der Waals surface area contributed by atoms with E-state index in [0.29, 0.717) is 5.82 Å². The van der Waals surface area contributed by atoms with E-state index in [1.54, 1.807) is 6.33 Å². The average molecular weight is 234 g/mol. The van der Waals surface area contributed by atoms with E-state index < -0.39 is 0 Å². The van der Waals surface area contributed by atoms with Crippen molar-refractivity contribution in [1.29, 1.82) is 0 Å². The number of hydrogen-bond donors (Lipinski definition) is 1. The largest absolute Gasteiger partial charge is 0.384 e. The molecule has 1 aromatic rings. The van der Waals surface area contributed by atoms with Crippen LogP contribution in [0.5, 0.6) is 0 Å². The lowest BCUT2D eigenvalue weighted by Crippen LogP contribution is -2.25. The van der Waals surface area contributed by atoms with Crippen LogP contribution in [-0.2, 0) is 0 Å². The van der Waals surface area contributed by atoms with Gasteiger partial charge in [-0.25, -0.2) is 9.97 Å². The van der Waals surface area contributed by atoms with E-state index in [9.17, 15) is 0 Å². The zero-order valence-corrected chi connectivity index (χ0v) is 10.6. The number of rotatable bonds is 3. The van der Waals surface area contributed by atoms with E-state index >= 15 is 0 Å². The van der Waals surface area contributed by atoms with Crippen LogP contribution in [0.25, 0.3) is 0 Å². The molecule has 94 valence electrons. The van der Waals surface area contributed by atoms with Crippen molar-refractivity contribution in [2.24, 2.45) is 5.92 Å². The van der Waals surface area contributed by atoms with Gasteiger partial charge in [0, 0.05) is 19.2 Å². The average Bonchev–Trinajstić information content (AvgIpc) is 2.55. The van der Waals surface area contributed by atoms with Crippen molar-refractivity contribution in [2.45, 2.75) is 39.0 Å². The highest BCUT2D eigenvalue weighted by atomic mass is 15.2. The summed E-state index contributed by atoms with van der Waals surface area (Å²) >= 11 is 0. The molecule has 0 bridgehead atoms. The molecular formula is C13H22N4. The normalized spacial score (nSPS) is 21.2. The van der Waals surface area contributed by atoms with E-state index in [1.165, 1.54) is 32.1 Å². The van der Waals surface area contributed by atoms with Crippen molar-refractivity contribution < 1.29 is 0 Å². The summed E-state index contributed by atoms with van der Waals surface area (Å²) in [4.78, 5) is 10.6. The molecule has 2 heterocycles. The highest BCUT2D eigenvalue weighted by Gasteiger charge is 2.17. The Morgan fingerprint density at radius 2 is 2.24 bits per heavy atom. The fourth-order valence-electron chi connectivity index (χ4n) is 2.63. The van der Waals surface area contributed by atoms with E-state index in [2.05, 4.69) is 21.8 Å². The van der Waals surface area contributed by atoms with Gasteiger partial charge in [-0.1, -0.05) is 19.8 Å². The Labute approximate surface area is 103 Å². The summed E-state index contributed by atoms with van der Waals surface area (Å²) < 4.78 is 0. The van der Waals surface area contributed by atoms with Crippen molar-refractivity contribution in [3.8, 4) is 0 Å². The van der Waals surface area contributed by atoms with Crippen LogP contribution < -0.4 is 10.6 Å². The molecule has 1 aromatic heterocycles. The maximum absolute atomic E-state index is 5.70. The van der Waals surface area contributed by atoms with Gasteiger partial charge >= 0.3 is 0 Å². The molecule has 0 spiro atoms. The Kier molecular flexibility index (Phi) is 4.18. The third kappa shape index (κ3) is 3.32. The molecule has 0 aromatic carbocycles. The van der Waals surface area contributed by atoms with Gasteiger partial charge in [0.15, 0.2) is 0 Å². The van der Waals surface area contributed by atoms with E-state index in [1.807, 2.05) is 6.07 Å². The zero-order valence-electron chi connectivity index (χ0n) is 10.6. The minimum atomic E-state index is 0.560. The standard InChI is InChI=1S/C13H22N4/c1-2-4-11-5-3-7-17(8-6-11)13-9-12(14)15-10-16-13/h9-11H,2-8H2,1H3,(H2,14,15,16). The van der Waals surface area contributed by atoms with Crippen LogP contribution in [-0.4, -0.2) is 23.1 Å². The maximum atomic E-state index is 5.70. The predicted octanol–water partition coefficient (Wildman–Crippen LogP) is 2.47. The van der Waals surface area contributed by atoms with Crippen molar-refractivity contribution in [2.75, 3.05) is 23.7 Å². The number of hydrogen-bond acceptors (Lipinski definition) is 4. The first-order chi connectivity index (χ1) is 8.29. The van der Waals surface area contributed by atoms with Crippen molar-refractivity contribution in [1.82, 2.24) is 9.97 Å². The van der Waals surface area contributed by atoms with Crippen LogP contribution in [0.2, 0.25) is 0 Å². The van der Waals surface area contributed by atoms with Gasteiger partial charge in [-0.3, -0.25) is 0 Å². The summed E-state index contributed by atoms with van der Waals surface area (Å²) in [7, 11) is 0. The smallest absolute Gasteiger partial charge is 0.134 e. The molecule has 17 heavy (non-hydrogen) atoms. The molecule has 1 fully saturated rings. The topological polar surface area (TPSA) is 55.0 Å². The summed E-state index contributed by atoms with van der Waals surface area (Å²) in [5.74, 6) is 2.43. The first-order valence-electron chi connectivity index (χ1n) is 6.62. The highest BCUT2D eigenvalue weighted by Crippen LogP contribution is 2.24.